The Bertz CT molecular complexity index is 639. The van der Waals surface area contributed by atoms with Crippen molar-refractivity contribution in [3.63, 3.8) is 0 Å². The Kier molecular flexibility index (Phi) is 6.07. The van der Waals surface area contributed by atoms with Crippen molar-refractivity contribution in [1.29, 1.82) is 0 Å². The molecule has 126 valence electrons. The van der Waals surface area contributed by atoms with Crippen LogP contribution < -0.4 is 4.74 Å². The zero-order chi connectivity index (χ0) is 16.6. The van der Waals surface area contributed by atoms with Gasteiger partial charge in [0, 0.05) is 36.0 Å². The molecule has 1 aromatic carbocycles. The molecule has 0 aliphatic carbocycles. The van der Waals surface area contributed by atoms with Gasteiger partial charge in [-0.15, -0.1) is 11.8 Å². The third kappa shape index (κ3) is 4.96. The number of carbonyl (C=O) groups excluding carboxylic acids is 1. The number of amides is 1. The monoisotopic (exact) mass is 343 g/mol. The van der Waals surface area contributed by atoms with Gasteiger partial charge in [0.1, 0.15) is 6.10 Å². The van der Waals surface area contributed by atoms with Gasteiger partial charge in [-0.3, -0.25) is 9.78 Å². The third-order valence-corrected chi connectivity index (χ3v) is 4.90. The SMILES string of the molecule is O=C(CCSc1ccccc1)N1CCCC(Oc2cnccn2)C1. The number of ether oxygens (including phenoxy) is 1. The van der Waals surface area contributed by atoms with E-state index in [1.54, 1.807) is 30.4 Å². The minimum Gasteiger partial charge on any atom is -0.471 e. The molecule has 1 fully saturated rings. The summed E-state index contributed by atoms with van der Waals surface area (Å²) >= 11 is 1.72. The zero-order valence-electron chi connectivity index (χ0n) is 13.5. The number of piperidine rings is 1. The van der Waals surface area contributed by atoms with Crippen molar-refractivity contribution in [2.24, 2.45) is 0 Å². The fraction of sp³-hybridized carbons (Fsp3) is 0.389. The van der Waals surface area contributed by atoms with Gasteiger partial charge in [0.2, 0.25) is 11.8 Å². The first-order valence-corrected chi connectivity index (χ1v) is 9.18. The molecule has 3 rings (SSSR count). The molecule has 5 nitrogen and oxygen atoms in total. The van der Waals surface area contributed by atoms with E-state index in [1.807, 2.05) is 23.1 Å². The van der Waals surface area contributed by atoms with Gasteiger partial charge in [-0.05, 0) is 25.0 Å². The Balaban J connectivity index is 1.44. The van der Waals surface area contributed by atoms with Gasteiger partial charge in [0.05, 0.1) is 12.7 Å². The molecule has 1 aliphatic rings. The molecule has 2 heterocycles. The highest BCUT2D eigenvalue weighted by atomic mass is 32.2. The first-order valence-electron chi connectivity index (χ1n) is 8.19. The summed E-state index contributed by atoms with van der Waals surface area (Å²) in [6, 6.07) is 10.2. The Labute approximate surface area is 146 Å². The predicted octanol–water partition coefficient (Wildman–Crippen LogP) is 3.03. The smallest absolute Gasteiger partial charge is 0.232 e. The van der Waals surface area contributed by atoms with E-state index in [4.69, 9.17) is 4.74 Å². The lowest BCUT2D eigenvalue weighted by atomic mass is 10.1. The van der Waals surface area contributed by atoms with Crippen LogP contribution in [-0.4, -0.2) is 45.7 Å². The van der Waals surface area contributed by atoms with E-state index in [-0.39, 0.29) is 12.0 Å². The number of aromatic nitrogens is 2. The number of rotatable bonds is 6. The summed E-state index contributed by atoms with van der Waals surface area (Å²) in [6.45, 7) is 1.45. The number of benzene rings is 1. The summed E-state index contributed by atoms with van der Waals surface area (Å²) in [5.41, 5.74) is 0. The lowest BCUT2D eigenvalue weighted by Gasteiger charge is -2.32. The second kappa shape index (κ2) is 8.68. The summed E-state index contributed by atoms with van der Waals surface area (Å²) in [4.78, 5) is 23.7. The molecule has 0 saturated carbocycles. The molecular formula is C18H21N3O2S. The molecular weight excluding hydrogens is 322 g/mol. The van der Waals surface area contributed by atoms with Crippen molar-refractivity contribution in [2.45, 2.75) is 30.3 Å². The second-order valence-electron chi connectivity index (χ2n) is 5.68. The lowest BCUT2D eigenvalue weighted by molar-refractivity contribution is -0.133. The van der Waals surface area contributed by atoms with E-state index in [9.17, 15) is 4.79 Å². The summed E-state index contributed by atoms with van der Waals surface area (Å²) in [5, 5.41) is 0. The largest absolute Gasteiger partial charge is 0.471 e. The number of thioether (sulfide) groups is 1. The summed E-state index contributed by atoms with van der Waals surface area (Å²) in [6.07, 6.45) is 7.30. The minimum absolute atomic E-state index is 0.00109. The summed E-state index contributed by atoms with van der Waals surface area (Å²) in [5.74, 6) is 1.52. The van der Waals surface area contributed by atoms with Crippen LogP contribution >= 0.6 is 11.8 Å². The molecule has 1 atom stereocenters. The molecule has 1 unspecified atom stereocenters. The van der Waals surface area contributed by atoms with Crippen molar-refractivity contribution in [1.82, 2.24) is 14.9 Å². The Morgan fingerprint density at radius 1 is 1.29 bits per heavy atom. The number of hydrogen-bond donors (Lipinski definition) is 0. The van der Waals surface area contributed by atoms with Gasteiger partial charge in [0.25, 0.3) is 0 Å². The van der Waals surface area contributed by atoms with Gasteiger partial charge in [-0.1, -0.05) is 18.2 Å². The first-order chi connectivity index (χ1) is 11.8. The molecule has 0 spiro atoms. The van der Waals surface area contributed by atoms with E-state index >= 15 is 0 Å². The van der Waals surface area contributed by atoms with Crippen LogP contribution in [0.15, 0.2) is 53.8 Å². The molecule has 1 aromatic heterocycles. The minimum atomic E-state index is 0.00109. The van der Waals surface area contributed by atoms with Gasteiger partial charge in [0.15, 0.2) is 0 Å². The Morgan fingerprint density at radius 3 is 2.96 bits per heavy atom. The lowest BCUT2D eigenvalue weighted by Crippen LogP contribution is -2.44. The maximum atomic E-state index is 12.4. The van der Waals surface area contributed by atoms with Crippen LogP contribution in [0, 0.1) is 0 Å². The van der Waals surface area contributed by atoms with Gasteiger partial charge >= 0.3 is 0 Å². The maximum Gasteiger partial charge on any atom is 0.232 e. The topological polar surface area (TPSA) is 55.3 Å². The molecule has 1 aliphatic heterocycles. The van der Waals surface area contributed by atoms with Crippen molar-refractivity contribution in [2.75, 3.05) is 18.8 Å². The highest BCUT2D eigenvalue weighted by Crippen LogP contribution is 2.20. The van der Waals surface area contributed by atoms with Crippen molar-refractivity contribution in [3.05, 3.63) is 48.9 Å². The van der Waals surface area contributed by atoms with Crippen molar-refractivity contribution >= 4 is 17.7 Å². The quantitative estimate of drug-likeness (QED) is 0.755. The second-order valence-corrected chi connectivity index (χ2v) is 6.85. The first kappa shape index (κ1) is 16.8. The fourth-order valence-electron chi connectivity index (χ4n) is 2.71. The van der Waals surface area contributed by atoms with Crippen LogP contribution in [0.2, 0.25) is 0 Å². The van der Waals surface area contributed by atoms with E-state index in [0.29, 0.717) is 18.8 Å². The number of likely N-dealkylation sites (tertiary alicyclic amines) is 1. The predicted molar refractivity (Wildman–Crippen MR) is 94.0 cm³/mol. The van der Waals surface area contributed by atoms with Crippen LogP contribution in [0.3, 0.4) is 0 Å². The Hall–Kier alpha value is -2.08. The third-order valence-electron chi connectivity index (χ3n) is 3.89. The fourth-order valence-corrected chi connectivity index (χ4v) is 3.57. The average Bonchev–Trinajstić information content (AvgIpc) is 2.64. The number of nitrogens with zero attached hydrogens (tertiary/aromatic N) is 3. The standard InChI is InChI=1S/C18H21N3O2S/c22-18(8-12-24-16-6-2-1-3-7-16)21-11-4-5-15(14-21)23-17-13-19-9-10-20-17/h1-3,6-7,9-10,13,15H,4-5,8,11-12,14H2. The molecule has 2 aromatic rings. The molecule has 0 bridgehead atoms. The Morgan fingerprint density at radius 2 is 2.17 bits per heavy atom. The van der Waals surface area contributed by atoms with E-state index in [1.165, 1.54) is 4.90 Å². The van der Waals surface area contributed by atoms with Crippen LogP contribution in [-0.2, 0) is 4.79 Å². The summed E-state index contributed by atoms with van der Waals surface area (Å²) < 4.78 is 5.84. The highest BCUT2D eigenvalue weighted by molar-refractivity contribution is 7.99. The highest BCUT2D eigenvalue weighted by Gasteiger charge is 2.24. The van der Waals surface area contributed by atoms with Crippen LogP contribution in [0.1, 0.15) is 19.3 Å². The molecule has 6 heteroatoms. The normalized spacial score (nSPS) is 17.5. The average molecular weight is 343 g/mol. The van der Waals surface area contributed by atoms with Crippen molar-refractivity contribution < 1.29 is 9.53 Å². The summed E-state index contributed by atoms with van der Waals surface area (Å²) in [7, 11) is 0. The maximum absolute atomic E-state index is 12.4. The molecule has 0 N–H and O–H groups in total. The molecule has 1 saturated heterocycles. The van der Waals surface area contributed by atoms with Gasteiger partial charge in [-0.2, -0.15) is 0 Å². The van der Waals surface area contributed by atoms with E-state index < -0.39 is 0 Å². The van der Waals surface area contributed by atoms with Crippen LogP contribution in [0.4, 0.5) is 0 Å². The molecule has 1 amide bonds. The van der Waals surface area contributed by atoms with Crippen molar-refractivity contribution in [3.8, 4) is 5.88 Å². The molecule has 24 heavy (non-hydrogen) atoms. The van der Waals surface area contributed by atoms with Crippen LogP contribution in [0.25, 0.3) is 0 Å². The van der Waals surface area contributed by atoms with E-state index in [0.717, 1.165) is 25.1 Å². The molecule has 0 radical (unpaired) electrons. The van der Waals surface area contributed by atoms with Crippen LogP contribution in [0.5, 0.6) is 5.88 Å². The zero-order valence-corrected chi connectivity index (χ0v) is 14.3. The number of carbonyl (C=O) groups is 1. The van der Waals surface area contributed by atoms with E-state index in [2.05, 4.69) is 22.1 Å². The number of hydrogen-bond acceptors (Lipinski definition) is 5. The van der Waals surface area contributed by atoms with Gasteiger partial charge in [-0.25, -0.2) is 4.98 Å². The van der Waals surface area contributed by atoms with Gasteiger partial charge < -0.3 is 9.64 Å².